The molecule has 2 aromatic heterocycles. The van der Waals surface area contributed by atoms with E-state index in [4.69, 9.17) is 5.10 Å². The van der Waals surface area contributed by atoms with Crippen LogP contribution < -0.4 is 5.32 Å². The highest BCUT2D eigenvalue weighted by atomic mass is 19.1. The molecule has 1 saturated carbocycles. The van der Waals surface area contributed by atoms with Crippen LogP contribution in [-0.4, -0.2) is 32.1 Å². The Morgan fingerprint density at radius 3 is 2.54 bits per heavy atom. The summed E-state index contributed by atoms with van der Waals surface area (Å²) in [5.74, 6) is 0.766. The number of fused-ring (bicyclic) bond motifs is 1. The van der Waals surface area contributed by atoms with Crippen LogP contribution in [0.15, 0.2) is 72.9 Å². The lowest BCUT2D eigenvalue weighted by Gasteiger charge is -2.28. The summed E-state index contributed by atoms with van der Waals surface area (Å²) in [5, 5.41) is 8.04. The number of benzene rings is 2. The quantitative estimate of drug-likeness (QED) is 0.294. The van der Waals surface area contributed by atoms with Crippen molar-refractivity contribution in [2.75, 3.05) is 11.9 Å². The monoisotopic (exact) mass is 523 g/mol. The molecule has 6 rings (SSSR count). The van der Waals surface area contributed by atoms with Gasteiger partial charge >= 0.3 is 0 Å². The summed E-state index contributed by atoms with van der Waals surface area (Å²) in [4.78, 5) is 19.7. The van der Waals surface area contributed by atoms with Crippen molar-refractivity contribution in [2.45, 2.75) is 58.2 Å². The van der Waals surface area contributed by atoms with Gasteiger partial charge in [0.25, 0.3) is 0 Å². The van der Waals surface area contributed by atoms with Gasteiger partial charge in [0.1, 0.15) is 17.3 Å². The van der Waals surface area contributed by atoms with Crippen LogP contribution in [0.1, 0.15) is 49.8 Å². The molecule has 0 atom stereocenters. The molecule has 2 aliphatic rings. The first-order chi connectivity index (χ1) is 19.1. The van der Waals surface area contributed by atoms with Crippen LogP contribution in [0, 0.1) is 11.7 Å². The predicted octanol–water partition coefficient (Wildman–Crippen LogP) is 6.68. The molecule has 2 aromatic carbocycles. The third kappa shape index (κ3) is 5.93. The van der Waals surface area contributed by atoms with E-state index in [2.05, 4.69) is 44.1 Å². The molecule has 1 fully saturated rings. The zero-order valence-corrected chi connectivity index (χ0v) is 22.2. The number of amides is 1. The molecule has 0 unspecified atom stereocenters. The lowest BCUT2D eigenvalue weighted by molar-refractivity contribution is -0.117. The Morgan fingerprint density at radius 2 is 1.74 bits per heavy atom. The number of carbonyl (C=O) groups is 1. The number of anilines is 1. The molecular formula is C32H34FN5O. The van der Waals surface area contributed by atoms with E-state index in [1.165, 1.54) is 37.0 Å². The summed E-state index contributed by atoms with van der Waals surface area (Å²) in [6.45, 7) is 3.26. The molecule has 0 saturated heterocycles. The Labute approximate surface area is 228 Å². The largest absolute Gasteiger partial charge is 0.311 e. The summed E-state index contributed by atoms with van der Waals surface area (Å²) in [5.41, 5.74) is 6.02. The second-order valence-corrected chi connectivity index (χ2v) is 10.8. The minimum Gasteiger partial charge on any atom is -0.311 e. The van der Waals surface area contributed by atoms with Gasteiger partial charge in [0.2, 0.25) is 5.91 Å². The molecule has 200 valence electrons. The first-order valence-corrected chi connectivity index (χ1v) is 14.0. The molecule has 1 amide bonds. The molecule has 3 heterocycles. The van der Waals surface area contributed by atoms with Gasteiger partial charge in [-0.15, -0.1) is 0 Å². The Morgan fingerprint density at radius 1 is 0.949 bits per heavy atom. The Balaban J connectivity index is 1.31. The summed E-state index contributed by atoms with van der Waals surface area (Å²) >= 11 is 0. The number of nitrogens with one attached hydrogen (secondary N) is 1. The van der Waals surface area contributed by atoms with E-state index < -0.39 is 0 Å². The van der Waals surface area contributed by atoms with Gasteiger partial charge in [-0.25, -0.2) is 9.37 Å². The number of hydrogen-bond acceptors (Lipinski definition) is 4. The topological polar surface area (TPSA) is 63.1 Å². The highest BCUT2D eigenvalue weighted by Crippen LogP contribution is 2.37. The van der Waals surface area contributed by atoms with Crippen molar-refractivity contribution in [3.05, 3.63) is 90.0 Å². The van der Waals surface area contributed by atoms with Crippen LogP contribution in [0.2, 0.25) is 0 Å². The fraction of sp³-hybridized carbons (Fsp3) is 0.344. The molecule has 1 N–H and O–H groups in total. The fourth-order valence-electron chi connectivity index (χ4n) is 5.96. The Hall–Kier alpha value is -3.84. The fourth-order valence-corrected chi connectivity index (χ4v) is 5.96. The van der Waals surface area contributed by atoms with E-state index in [-0.39, 0.29) is 11.7 Å². The number of hydrogen-bond donors (Lipinski definition) is 1. The van der Waals surface area contributed by atoms with Gasteiger partial charge in [-0.05, 0) is 66.3 Å². The summed E-state index contributed by atoms with van der Waals surface area (Å²) < 4.78 is 15.9. The van der Waals surface area contributed by atoms with Gasteiger partial charge < -0.3 is 5.32 Å². The zero-order valence-electron chi connectivity index (χ0n) is 22.2. The SMILES string of the molecule is O=C(CC1CCCCC1)Nc1cc(-c2c(-c3ccc(F)cc3)nn3c2CN(Cc2ccccc2)CC3)ccn1. The Bertz CT molecular complexity index is 1430. The van der Waals surface area contributed by atoms with Gasteiger partial charge in [0, 0.05) is 43.4 Å². The number of carbonyl (C=O) groups excluding carboxylic acids is 1. The van der Waals surface area contributed by atoms with Crippen molar-refractivity contribution in [1.29, 1.82) is 0 Å². The predicted molar refractivity (Wildman–Crippen MR) is 151 cm³/mol. The van der Waals surface area contributed by atoms with E-state index in [1.807, 2.05) is 18.2 Å². The minimum atomic E-state index is -0.273. The third-order valence-electron chi connectivity index (χ3n) is 7.94. The van der Waals surface area contributed by atoms with Crippen LogP contribution in [-0.2, 0) is 24.4 Å². The van der Waals surface area contributed by atoms with Crippen LogP contribution in [0.3, 0.4) is 0 Å². The van der Waals surface area contributed by atoms with E-state index in [1.54, 1.807) is 18.3 Å². The van der Waals surface area contributed by atoms with Gasteiger partial charge in [0.05, 0.1) is 12.2 Å². The maximum Gasteiger partial charge on any atom is 0.225 e. The van der Waals surface area contributed by atoms with Crippen molar-refractivity contribution in [3.8, 4) is 22.4 Å². The van der Waals surface area contributed by atoms with E-state index in [0.29, 0.717) is 18.2 Å². The normalized spacial score (nSPS) is 16.1. The highest BCUT2D eigenvalue weighted by molar-refractivity contribution is 5.91. The highest BCUT2D eigenvalue weighted by Gasteiger charge is 2.26. The van der Waals surface area contributed by atoms with Crippen LogP contribution >= 0.6 is 0 Å². The molecule has 4 aromatic rings. The minimum absolute atomic E-state index is 0.0244. The molecule has 6 nitrogen and oxygen atoms in total. The summed E-state index contributed by atoms with van der Waals surface area (Å²) in [7, 11) is 0. The molecule has 0 bridgehead atoms. The number of rotatable bonds is 7. The van der Waals surface area contributed by atoms with E-state index in [9.17, 15) is 9.18 Å². The van der Waals surface area contributed by atoms with Crippen LogP contribution in [0.5, 0.6) is 0 Å². The van der Waals surface area contributed by atoms with Crippen molar-refractivity contribution < 1.29 is 9.18 Å². The second-order valence-electron chi connectivity index (χ2n) is 10.8. The Kier molecular flexibility index (Phi) is 7.50. The number of pyridine rings is 1. The lowest BCUT2D eigenvalue weighted by atomic mass is 9.87. The second kappa shape index (κ2) is 11.5. The van der Waals surface area contributed by atoms with E-state index in [0.717, 1.165) is 67.1 Å². The first-order valence-electron chi connectivity index (χ1n) is 14.0. The molecule has 7 heteroatoms. The average molecular weight is 524 g/mol. The molecular weight excluding hydrogens is 489 g/mol. The van der Waals surface area contributed by atoms with Crippen molar-refractivity contribution in [2.24, 2.45) is 5.92 Å². The van der Waals surface area contributed by atoms with Gasteiger partial charge in [-0.1, -0.05) is 49.6 Å². The maximum absolute atomic E-state index is 13.8. The van der Waals surface area contributed by atoms with Crippen LogP contribution in [0.25, 0.3) is 22.4 Å². The van der Waals surface area contributed by atoms with Crippen molar-refractivity contribution >= 4 is 11.7 Å². The van der Waals surface area contributed by atoms with Crippen molar-refractivity contribution in [1.82, 2.24) is 19.7 Å². The first kappa shape index (κ1) is 25.4. The van der Waals surface area contributed by atoms with Crippen molar-refractivity contribution in [3.63, 3.8) is 0 Å². The smallest absolute Gasteiger partial charge is 0.225 e. The number of halogens is 1. The molecule has 0 spiro atoms. The maximum atomic E-state index is 13.8. The average Bonchev–Trinajstić information content (AvgIpc) is 3.33. The molecule has 0 radical (unpaired) electrons. The molecule has 1 aliphatic carbocycles. The molecule has 39 heavy (non-hydrogen) atoms. The lowest BCUT2D eigenvalue weighted by Crippen LogP contribution is -2.33. The summed E-state index contributed by atoms with van der Waals surface area (Å²) in [6.07, 6.45) is 8.25. The van der Waals surface area contributed by atoms with Crippen LogP contribution in [0.4, 0.5) is 10.2 Å². The molecule has 1 aliphatic heterocycles. The standard InChI is InChI=1S/C32H34FN5O/c33-27-13-11-25(12-14-27)32-31(28-22-37(17-18-38(28)36-32)21-24-9-5-2-6-10-24)26-15-16-34-29(20-26)35-30(39)19-23-7-3-1-4-8-23/h2,5-6,9-16,20,23H,1,3-4,7-8,17-19,21-22H2,(H,34,35,39). The van der Waals surface area contributed by atoms with Gasteiger partial charge in [-0.2, -0.15) is 5.10 Å². The number of nitrogens with zero attached hydrogens (tertiary/aromatic N) is 4. The van der Waals surface area contributed by atoms with E-state index >= 15 is 0 Å². The van der Waals surface area contributed by atoms with Gasteiger partial charge in [0.15, 0.2) is 0 Å². The third-order valence-corrected chi connectivity index (χ3v) is 7.94. The summed E-state index contributed by atoms with van der Waals surface area (Å²) in [6, 6.07) is 20.9. The zero-order chi connectivity index (χ0) is 26.6. The van der Waals surface area contributed by atoms with Gasteiger partial charge in [-0.3, -0.25) is 14.4 Å². The number of aromatic nitrogens is 3.